The average molecular weight is 1670 g/mol. The van der Waals surface area contributed by atoms with E-state index >= 15 is 0 Å². The van der Waals surface area contributed by atoms with Gasteiger partial charge in [-0.1, -0.05) is 282 Å². The van der Waals surface area contributed by atoms with Gasteiger partial charge in [0, 0.05) is 23.9 Å². The Morgan fingerprint density at radius 2 is 0.361 bits per heavy atom. The number of rotatable bonds is 68. The quantitative estimate of drug-likeness (QED) is 0.0203. The van der Waals surface area contributed by atoms with Gasteiger partial charge in [-0.15, -0.1) is 0 Å². The summed E-state index contributed by atoms with van der Waals surface area (Å²) in [5, 5.41) is 43.6. The van der Waals surface area contributed by atoms with Crippen LogP contribution in [0.4, 0.5) is 0 Å². The van der Waals surface area contributed by atoms with E-state index in [0.717, 1.165) is 103 Å². The molecule has 0 aliphatic carbocycles. The second-order valence-corrected chi connectivity index (χ2v) is 28.0. The predicted molar refractivity (Wildman–Crippen MR) is 438 cm³/mol. The second-order valence-electron chi connectivity index (χ2n) is 26.2. The first-order valence-electron chi connectivity index (χ1n) is 39.7. The normalized spacial score (nSPS) is 12.3. The van der Waals surface area contributed by atoms with Gasteiger partial charge in [0.15, 0.2) is 0 Å². The van der Waals surface area contributed by atoms with Crippen molar-refractivity contribution in [1.29, 1.82) is 0 Å². The molecule has 568 valence electrons. The van der Waals surface area contributed by atoms with Gasteiger partial charge in [-0.05, 0) is 201 Å². The fourth-order valence-corrected chi connectivity index (χ4v) is 12.5. The molecule has 0 heterocycles. The minimum Gasteiger partial charge on any atom is -2.00 e. The fraction of sp³-hybridized carbons (Fsp3) is 0.854. The van der Waals surface area contributed by atoms with Crippen LogP contribution in [-0.2, 0) is 32.7 Å². The Balaban J connectivity index is -0.000000218. The average Bonchev–Trinajstić information content (AvgIpc) is 3.80. The maximum absolute atomic E-state index is 10.9. The number of thiol groups is 4. The van der Waals surface area contributed by atoms with Gasteiger partial charge in [0.1, 0.15) is 0 Å². The number of carboxylic acid groups (broad SMARTS) is 4. The largest absolute Gasteiger partial charge is 2.00 e. The summed E-state index contributed by atoms with van der Waals surface area (Å²) < 4.78 is 0. The minimum atomic E-state index is -0.906. The molecule has 0 spiro atoms. The molecule has 0 rings (SSSR count). The summed E-state index contributed by atoms with van der Waals surface area (Å²) in [4.78, 5) is 47.8. The predicted octanol–water partition coefficient (Wildman–Crippen LogP) is 21.7. The topological polar surface area (TPSA) is 161 Å². The minimum absolute atomic E-state index is 0. The van der Waals surface area contributed by atoms with Crippen LogP contribution >= 0.6 is 50.5 Å². The Morgan fingerprint density at radius 1 is 0.237 bits per heavy atom. The van der Waals surface area contributed by atoms with E-state index in [1.807, 2.05) is 0 Å². The Kier molecular flexibility index (Phi) is 117. The zero-order chi connectivity index (χ0) is 72.7. The molecule has 0 aliphatic rings. The Morgan fingerprint density at radius 3 is 0.485 bits per heavy atom. The van der Waals surface area contributed by atoms with Crippen LogP contribution in [0.25, 0.3) is 0 Å². The molecule has 0 aromatic heterocycles. The van der Waals surface area contributed by atoms with Crippen molar-refractivity contribution in [2.45, 2.75) is 397 Å². The third-order valence-electron chi connectivity index (χ3n) is 17.5. The van der Waals surface area contributed by atoms with Gasteiger partial charge in [-0.3, -0.25) is 0 Å². The number of carbonyl (C=O) groups excluding carboxylic acids is 4. The van der Waals surface area contributed by atoms with E-state index in [9.17, 15) is 39.6 Å². The van der Waals surface area contributed by atoms with Crippen LogP contribution < -0.4 is 20.4 Å². The van der Waals surface area contributed by atoms with Gasteiger partial charge in [-0.2, -0.15) is 50.5 Å². The summed E-state index contributed by atoms with van der Waals surface area (Å²) in [5.41, 5.74) is 0. The van der Waals surface area contributed by atoms with Crippen molar-refractivity contribution in [3.63, 3.8) is 0 Å². The molecule has 0 saturated carbocycles. The van der Waals surface area contributed by atoms with Crippen LogP contribution in [0.2, 0.25) is 9.88 Å². The van der Waals surface area contributed by atoms with Gasteiger partial charge in [0.2, 0.25) is 0 Å². The maximum Gasteiger partial charge on any atom is -2.00 e. The van der Waals surface area contributed by atoms with E-state index in [4.69, 9.17) is 0 Å². The van der Waals surface area contributed by atoms with Crippen LogP contribution in [0, 0.1) is 23.7 Å². The van der Waals surface area contributed by atoms with E-state index in [1.54, 1.807) is 45.0 Å². The molecule has 0 amide bonds. The van der Waals surface area contributed by atoms with Crippen molar-refractivity contribution in [2.24, 2.45) is 23.7 Å². The third kappa shape index (κ3) is 100. The van der Waals surface area contributed by atoms with Crippen LogP contribution in [0.3, 0.4) is 0 Å². The molecule has 15 heteroatoms. The van der Waals surface area contributed by atoms with Crippen molar-refractivity contribution in [1.82, 2.24) is 0 Å². The molecule has 0 aromatic rings. The molecule has 0 radical (unpaired) electrons. The van der Waals surface area contributed by atoms with Crippen LogP contribution in [0.15, 0.2) is 48.6 Å². The number of allylic oxidation sites excluding steroid dienone is 8. The second kappa shape index (κ2) is 103. The molecule has 0 aromatic carbocycles. The molecule has 97 heavy (non-hydrogen) atoms. The summed E-state index contributed by atoms with van der Waals surface area (Å²) in [6.07, 6.45) is 84.6. The smallest absolute Gasteiger partial charge is 2.00 e. The van der Waals surface area contributed by atoms with Crippen molar-refractivity contribution in [3.05, 3.63) is 48.6 Å². The maximum atomic E-state index is 10.9. The molecule has 4 atom stereocenters. The van der Waals surface area contributed by atoms with Gasteiger partial charge in [0.25, 0.3) is 0 Å². The summed E-state index contributed by atoms with van der Waals surface area (Å²) in [5.74, 6) is -2.32. The number of carboxylic acids is 4. The van der Waals surface area contributed by atoms with E-state index in [2.05, 4.69) is 137 Å². The Labute approximate surface area is 659 Å². The Hall–Kier alpha value is 0.187. The van der Waals surface area contributed by atoms with E-state index in [0.29, 0.717) is 48.7 Å². The summed E-state index contributed by atoms with van der Waals surface area (Å²) in [6, 6.07) is 0. The zero-order valence-electron chi connectivity index (χ0n) is 63.8. The van der Waals surface area contributed by atoms with Crippen LogP contribution in [0.5, 0.6) is 0 Å². The van der Waals surface area contributed by atoms with Crippen molar-refractivity contribution >= 4 is 133 Å². The number of hydrogen-bond donors (Lipinski definition) is 4. The van der Waals surface area contributed by atoms with E-state index in [-0.39, 0.29) is 37.2 Å². The molecule has 0 bridgehead atoms. The van der Waals surface area contributed by atoms with Gasteiger partial charge < -0.3 is 53.1 Å². The van der Waals surface area contributed by atoms with E-state index in [1.165, 1.54) is 231 Å². The first kappa shape index (κ1) is 111. The first-order valence-corrected chi connectivity index (χ1v) is 48.0. The monoisotopic (exact) mass is 1670 g/mol. The molecule has 0 saturated heterocycles. The zero-order valence-corrected chi connectivity index (χ0v) is 73.9. The fourth-order valence-electron chi connectivity index (χ4n) is 11.3. The standard InChI is InChI=1S/4C20H38O2S.2CH3.S.2Sn/c4*1-2-3-4-5-6-7-8-9-10-11-12-13-14-15-16-19(17-18-23)20(21)22;;;;;/h4*9-10,19,23H,2-8,11-18H2,1H3,(H,21,22);2*1H3;;;/q;;;;;;-2;2*+3/p-4/b4*10-9-;;;;;. The van der Waals surface area contributed by atoms with Gasteiger partial charge in [0.05, 0.1) is 0 Å². The third-order valence-corrected chi connectivity index (χ3v) is 18.5. The van der Waals surface area contributed by atoms with Crippen molar-refractivity contribution in [3.8, 4) is 0 Å². The number of carbonyl (C=O) groups is 4. The number of aliphatic carboxylic acids is 4. The summed E-state index contributed by atoms with van der Waals surface area (Å²) in [6.45, 7) is 9.03. The van der Waals surface area contributed by atoms with Crippen LogP contribution in [0.1, 0.15) is 387 Å². The van der Waals surface area contributed by atoms with Gasteiger partial charge in [-0.25, -0.2) is 0 Å². The summed E-state index contributed by atoms with van der Waals surface area (Å²) in [7, 11) is 0. The molecular formula is C82H154O8S5Sn2. The molecule has 0 N–H and O–H groups in total. The molecule has 0 aliphatic heterocycles. The van der Waals surface area contributed by atoms with E-state index < -0.39 is 23.9 Å². The number of hydrogen-bond acceptors (Lipinski definition) is 12. The van der Waals surface area contributed by atoms with Crippen molar-refractivity contribution in [2.75, 3.05) is 23.0 Å². The number of unbranched alkanes of at least 4 members (excludes halogenated alkanes) is 40. The molecule has 8 nitrogen and oxygen atoms in total. The van der Waals surface area contributed by atoms with Gasteiger partial charge >= 0.3 is 54.9 Å². The first-order chi connectivity index (χ1) is 46.9. The van der Waals surface area contributed by atoms with Crippen molar-refractivity contribution < 1.29 is 39.6 Å². The molecule has 0 fully saturated rings. The Bertz CT molecular complexity index is 1410. The molecular weight excluding hydrogens is 1510 g/mol. The van der Waals surface area contributed by atoms with Crippen LogP contribution in [-0.4, -0.2) is 91.9 Å². The summed E-state index contributed by atoms with van der Waals surface area (Å²) >= 11 is 19.5. The SMILES string of the molecule is CCCCCCCC/C=C\CCCCCCC(CCS)C(=O)[O-].CCCCCCCC/C=C\CCCCCCC(CCS)C(=O)[O-].CCCCCCCC/C=C\CCCCCCC(CCS)C(=O)[O-].CCCCCCCC/C=C\CCCCCCC(CCS)C(=O)[O-].[CH3][Sn+3].[CH3][Sn+3].[S-2]. The molecule has 4 unspecified atom stereocenters.